The zero-order valence-corrected chi connectivity index (χ0v) is 17.7. The first-order valence-corrected chi connectivity index (χ1v) is 10.7. The van der Waals surface area contributed by atoms with Crippen LogP contribution in [0.1, 0.15) is 49.7 Å². The molecule has 8 heteroatoms. The van der Waals surface area contributed by atoms with E-state index in [1.54, 1.807) is 0 Å². The van der Waals surface area contributed by atoms with Crippen LogP contribution in [0, 0.1) is 17.2 Å². The molecule has 1 fully saturated rings. The first kappa shape index (κ1) is 19.6. The Balaban J connectivity index is 1.85. The van der Waals surface area contributed by atoms with Crippen molar-refractivity contribution in [3.63, 3.8) is 0 Å². The van der Waals surface area contributed by atoms with Crippen molar-refractivity contribution in [2.45, 2.75) is 44.6 Å². The molecule has 1 amide bonds. The molecular formula is C21H22BrN5O2. The maximum atomic E-state index is 13.2. The van der Waals surface area contributed by atoms with Crippen LogP contribution in [0.4, 0.5) is 11.8 Å². The molecule has 0 radical (unpaired) electrons. The molecule has 4 rings (SSSR count). The smallest absolute Gasteiger partial charge is 0.258 e. The Morgan fingerprint density at radius 1 is 1.34 bits per heavy atom. The molecule has 0 bridgehead atoms. The number of carbonyl (C=O) groups excluding carboxylic acids is 1. The third-order valence-corrected chi connectivity index (χ3v) is 6.32. The van der Waals surface area contributed by atoms with Gasteiger partial charge in [-0.1, -0.05) is 35.0 Å². The fraction of sp³-hybridized carbons (Fsp3) is 0.429. The number of rotatable bonds is 3. The zero-order valence-electron chi connectivity index (χ0n) is 16.1. The van der Waals surface area contributed by atoms with Crippen LogP contribution in [-0.4, -0.2) is 28.5 Å². The van der Waals surface area contributed by atoms with Crippen molar-refractivity contribution in [2.24, 2.45) is 5.92 Å². The lowest BCUT2D eigenvalue weighted by atomic mass is 9.79. The molecule has 2 N–H and O–H groups in total. The number of piperidine rings is 1. The van der Waals surface area contributed by atoms with Gasteiger partial charge in [0, 0.05) is 23.0 Å². The Morgan fingerprint density at radius 3 is 2.90 bits per heavy atom. The number of carbonyl (C=O) groups is 1. The average molecular weight is 456 g/mol. The van der Waals surface area contributed by atoms with E-state index in [4.69, 9.17) is 0 Å². The third-order valence-electron chi connectivity index (χ3n) is 5.83. The van der Waals surface area contributed by atoms with Crippen molar-refractivity contribution >= 4 is 33.6 Å². The minimum atomic E-state index is -0.996. The number of hydrogen-bond acceptors (Lipinski definition) is 5. The van der Waals surface area contributed by atoms with E-state index in [1.165, 1.54) is 0 Å². The van der Waals surface area contributed by atoms with E-state index >= 15 is 0 Å². The van der Waals surface area contributed by atoms with Crippen LogP contribution < -0.4 is 15.8 Å². The number of anilines is 2. The molecule has 1 saturated heterocycles. The number of aromatic nitrogens is 2. The van der Waals surface area contributed by atoms with Crippen LogP contribution in [0.5, 0.6) is 0 Å². The number of nitriles is 1. The first-order chi connectivity index (χ1) is 14.0. The van der Waals surface area contributed by atoms with E-state index in [0.717, 1.165) is 42.3 Å². The van der Waals surface area contributed by atoms with Crippen LogP contribution in [0.25, 0.3) is 0 Å². The molecule has 3 unspecified atom stereocenters. The van der Waals surface area contributed by atoms with Crippen molar-refractivity contribution in [2.75, 3.05) is 16.8 Å². The second kappa shape index (κ2) is 7.99. The lowest BCUT2D eigenvalue weighted by molar-refractivity contribution is -0.119. The van der Waals surface area contributed by atoms with Gasteiger partial charge in [-0.25, -0.2) is 0 Å². The molecule has 2 aliphatic rings. The summed E-state index contributed by atoms with van der Waals surface area (Å²) in [6.07, 6.45) is 4.22. The molecule has 1 aromatic carbocycles. The highest BCUT2D eigenvalue weighted by atomic mass is 79.9. The number of fused-ring (bicyclic) bond motifs is 1. The van der Waals surface area contributed by atoms with Gasteiger partial charge < -0.3 is 10.2 Å². The van der Waals surface area contributed by atoms with Crippen molar-refractivity contribution < 1.29 is 4.79 Å². The molecule has 3 atom stereocenters. The molecule has 0 saturated carbocycles. The summed E-state index contributed by atoms with van der Waals surface area (Å²) >= 11 is 3.43. The highest BCUT2D eigenvalue weighted by Gasteiger charge is 2.40. The molecule has 150 valence electrons. The second-order valence-corrected chi connectivity index (χ2v) is 8.45. The summed E-state index contributed by atoms with van der Waals surface area (Å²) in [4.78, 5) is 35.5. The van der Waals surface area contributed by atoms with Gasteiger partial charge in [-0.2, -0.15) is 10.2 Å². The first-order valence-electron chi connectivity index (χ1n) is 9.90. The van der Waals surface area contributed by atoms with Gasteiger partial charge in [0.05, 0.1) is 11.6 Å². The maximum Gasteiger partial charge on any atom is 0.258 e. The molecule has 3 heterocycles. The van der Waals surface area contributed by atoms with Gasteiger partial charge in [-0.3, -0.25) is 14.6 Å². The summed E-state index contributed by atoms with van der Waals surface area (Å²) in [5, 5.41) is 12.3. The van der Waals surface area contributed by atoms with E-state index in [1.807, 2.05) is 24.3 Å². The van der Waals surface area contributed by atoms with Crippen molar-refractivity contribution in [3.05, 3.63) is 50.2 Å². The minimum absolute atomic E-state index is 0.255. The Morgan fingerprint density at radius 2 is 2.17 bits per heavy atom. The molecule has 0 aliphatic carbocycles. The molecule has 2 aromatic rings. The fourth-order valence-corrected chi connectivity index (χ4v) is 4.82. The second-order valence-electron chi connectivity index (χ2n) is 7.53. The summed E-state index contributed by atoms with van der Waals surface area (Å²) in [6.45, 7) is 2.95. The summed E-state index contributed by atoms with van der Waals surface area (Å²) in [6, 6.07) is 9.74. The quantitative estimate of drug-likeness (QED) is 0.736. The Kier molecular flexibility index (Phi) is 5.41. The predicted molar refractivity (Wildman–Crippen MR) is 114 cm³/mol. The van der Waals surface area contributed by atoms with Gasteiger partial charge in [0.2, 0.25) is 11.9 Å². The predicted octanol–water partition coefficient (Wildman–Crippen LogP) is 3.53. The van der Waals surface area contributed by atoms with Gasteiger partial charge in [0.1, 0.15) is 11.7 Å². The van der Waals surface area contributed by atoms with Gasteiger partial charge in [0.25, 0.3) is 5.56 Å². The van der Waals surface area contributed by atoms with E-state index < -0.39 is 17.7 Å². The van der Waals surface area contributed by atoms with Crippen molar-refractivity contribution in [3.8, 4) is 6.07 Å². The van der Waals surface area contributed by atoms with Gasteiger partial charge in [-0.15, -0.1) is 0 Å². The van der Waals surface area contributed by atoms with Gasteiger partial charge in [-0.05, 0) is 43.4 Å². The molecule has 29 heavy (non-hydrogen) atoms. The van der Waals surface area contributed by atoms with Crippen LogP contribution in [0.2, 0.25) is 0 Å². The highest BCUT2D eigenvalue weighted by molar-refractivity contribution is 9.10. The van der Waals surface area contributed by atoms with E-state index in [-0.39, 0.29) is 11.4 Å². The van der Waals surface area contributed by atoms with Crippen LogP contribution in [-0.2, 0) is 4.79 Å². The molecule has 2 aliphatic heterocycles. The lowest BCUT2D eigenvalue weighted by Crippen LogP contribution is -2.43. The van der Waals surface area contributed by atoms with E-state index in [2.05, 4.69) is 49.1 Å². The van der Waals surface area contributed by atoms with Crippen molar-refractivity contribution in [1.82, 2.24) is 9.97 Å². The SMILES string of the molecule is CCC1CCCCN1c1nc2c(c(=O)[nH]1)C(c1cccc(Br)c1)C(C#N)C(=O)N2. The van der Waals surface area contributed by atoms with E-state index in [0.29, 0.717) is 17.6 Å². The van der Waals surface area contributed by atoms with E-state index in [9.17, 15) is 14.9 Å². The standard InChI is InChI=1S/C21H22BrN5O2/c1-2-14-8-3-4-9-27(14)21-25-18-17(20(29)26-21)16(15(11-23)19(28)24-18)12-6-5-7-13(22)10-12/h5-7,10,14-16H,2-4,8-9H2,1H3,(H2,24,25,26,28,29). The summed E-state index contributed by atoms with van der Waals surface area (Å²) in [5.41, 5.74) is 0.755. The molecule has 7 nitrogen and oxygen atoms in total. The van der Waals surface area contributed by atoms with Gasteiger partial charge in [0.15, 0.2) is 0 Å². The summed E-state index contributed by atoms with van der Waals surface area (Å²) in [5.74, 6) is -1.35. The maximum absolute atomic E-state index is 13.2. The monoisotopic (exact) mass is 455 g/mol. The third kappa shape index (κ3) is 3.55. The van der Waals surface area contributed by atoms with Crippen molar-refractivity contribution in [1.29, 1.82) is 5.26 Å². The minimum Gasteiger partial charge on any atom is -0.339 e. The Labute approximate surface area is 177 Å². The summed E-state index contributed by atoms with van der Waals surface area (Å²) < 4.78 is 0.819. The number of nitrogens with zero attached hydrogens (tertiary/aromatic N) is 3. The lowest BCUT2D eigenvalue weighted by Gasteiger charge is -2.36. The number of halogens is 1. The van der Waals surface area contributed by atoms with Crippen LogP contribution in [0.3, 0.4) is 0 Å². The number of nitrogens with one attached hydrogen (secondary N) is 2. The number of amides is 1. The summed E-state index contributed by atoms with van der Waals surface area (Å²) in [7, 11) is 0. The van der Waals surface area contributed by atoms with Gasteiger partial charge >= 0.3 is 0 Å². The normalized spacial score (nSPS) is 23.8. The molecule has 1 aromatic heterocycles. The topological polar surface area (TPSA) is 102 Å². The number of benzene rings is 1. The fourth-order valence-electron chi connectivity index (χ4n) is 4.40. The molecule has 0 spiro atoms. The van der Waals surface area contributed by atoms with Crippen LogP contribution in [0.15, 0.2) is 33.5 Å². The zero-order chi connectivity index (χ0) is 20.5. The number of H-pyrrole nitrogens is 1. The number of hydrogen-bond donors (Lipinski definition) is 2. The Hall–Kier alpha value is -2.66. The van der Waals surface area contributed by atoms with Crippen LogP contribution >= 0.6 is 15.9 Å². The Bertz CT molecular complexity index is 1040. The molecular weight excluding hydrogens is 434 g/mol. The average Bonchev–Trinajstić information content (AvgIpc) is 2.72. The highest BCUT2D eigenvalue weighted by Crippen LogP contribution is 2.39. The largest absolute Gasteiger partial charge is 0.339 e. The number of aromatic amines is 1.